The van der Waals surface area contributed by atoms with Crippen LogP contribution in [0.3, 0.4) is 0 Å². The van der Waals surface area contributed by atoms with Crippen molar-refractivity contribution in [2.24, 2.45) is 0 Å². The molecule has 1 aromatic rings. The molecular formula is C12H14ClNO2. The Morgan fingerprint density at radius 1 is 1.38 bits per heavy atom. The minimum Gasteiger partial charge on any atom is -0.481 e. The number of carboxylic acids is 1. The molecule has 0 aliphatic carbocycles. The van der Waals surface area contributed by atoms with Gasteiger partial charge in [0.2, 0.25) is 0 Å². The summed E-state index contributed by atoms with van der Waals surface area (Å²) >= 11 is 5.62. The highest BCUT2D eigenvalue weighted by Crippen LogP contribution is 2.09. The normalized spacial score (nSPS) is 10.1. The molecule has 1 rings (SSSR count). The van der Waals surface area contributed by atoms with E-state index >= 15 is 0 Å². The minimum absolute atomic E-state index is 0.0413. The Labute approximate surface area is 99.7 Å². The molecule has 0 spiro atoms. The van der Waals surface area contributed by atoms with Crippen molar-refractivity contribution < 1.29 is 9.90 Å². The Bertz CT molecular complexity index is 390. The van der Waals surface area contributed by atoms with E-state index in [9.17, 15) is 4.79 Å². The van der Waals surface area contributed by atoms with E-state index in [-0.39, 0.29) is 6.42 Å². The lowest BCUT2D eigenvalue weighted by Crippen LogP contribution is -2.16. The first kappa shape index (κ1) is 12.7. The van der Waals surface area contributed by atoms with Gasteiger partial charge in [0.25, 0.3) is 0 Å². The quantitative estimate of drug-likeness (QED) is 0.800. The van der Waals surface area contributed by atoms with Crippen LogP contribution < -0.4 is 5.32 Å². The zero-order chi connectivity index (χ0) is 12.0. The lowest BCUT2D eigenvalue weighted by Gasteiger charge is -2.08. The third kappa shape index (κ3) is 4.47. The van der Waals surface area contributed by atoms with Crippen LogP contribution in [0.4, 0.5) is 0 Å². The van der Waals surface area contributed by atoms with Crippen LogP contribution in [0.15, 0.2) is 35.9 Å². The smallest absolute Gasteiger partial charge is 0.307 e. The average Bonchev–Trinajstić information content (AvgIpc) is 2.19. The van der Waals surface area contributed by atoms with Gasteiger partial charge >= 0.3 is 5.97 Å². The number of benzene rings is 1. The van der Waals surface area contributed by atoms with Crippen molar-refractivity contribution in [1.29, 1.82) is 0 Å². The largest absolute Gasteiger partial charge is 0.481 e. The minimum atomic E-state index is -0.825. The van der Waals surface area contributed by atoms with Gasteiger partial charge in [-0.15, -0.1) is 0 Å². The standard InChI is InChI=1S/C12H14ClNO2/c1-9(13)7-14-8-11-5-3-2-4-10(11)6-12(15)16/h2-5,14H,1,6-8H2,(H,15,16). The summed E-state index contributed by atoms with van der Waals surface area (Å²) in [5, 5.41) is 12.4. The molecule has 16 heavy (non-hydrogen) atoms. The fraction of sp³-hybridized carbons (Fsp3) is 0.250. The highest BCUT2D eigenvalue weighted by atomic mass is 35.5. The lowest BCUT2D eigenvalue weighted by atomic mass is 10.0. The fourth-order valence-corrected chi connectivity index (χ4v) is 1.49. The topological polar surface area (TPSA) is 49.3 Å². The third-order valence-corrected chi connectivity index (χ3v) is 2.23. The van der Waals surface area contributed by atoms with Gasteiger partial charge in [0.1, 0.15) is 0 Å². The van der Waals surface area contributed by atoms with Crippen LogP contribution in [0.5, 0.6) is 0 Å². The molecule has 0 bridgehead atoms. The number of carbonyl (C=O) groups is 1. The summed E-state index contributed by atoms with van der Waals surface area (Å²) in [6.07, 6.45) is 0.0413. The molecule has 0 heterocycles. The zero-order valence-electron chi connectivity index (χ0n) is 8.87. The molecule has 0 fully saturated rings. The molecule has 0 aromatic heterocycles. The molecule has 4 heteroatoms. The Balaban J connectivity index is 2.63. The van der Waals surface area contributed by atoms with Gasteiger partial charge < -0.3 is 10.4 Å². The summed E-state index contributed by atoms with van der Waals surface area (Å²) in [6, 6.07) is 7.45. The van der Waals surface area contributed by atoms with E-state index in [4.69, 9.17) is 16.7 Å². The predicted octanol–water partition coefficient (Wildman–Crippen LogP) is 2.16. The van der Waals surface area contributed by atoms with Gasteiger partial charge in [-0.25, -0.2) is 0 Å². The molecule has 2 N–H and O–H groups in total. The molecule has 0 aliphatic rings. The molecule has 0 unspecified atom stereocenters. The zero-order valence-corrected chi connectivity index (χ0v) is 9.63. The van der Waals surface area contributed by atoms with E-state index in [1.165, 1.54) is 0 Å². The molecule has 0 saturated carbocycles. The average molecular weight is 240 g/mol. The summed E-state index contributed by atoms with van der Waals surface area (Å²) in [4.78, 5) is 10.6. The third-order valence-electron chi connectivity index (χ3n) is 2.09. The van der Waals surface area contributed by atoms with Crippen molar-refractivity contribution in [2.45, 2.75) is 13.0 Å². The summed E-state index contributed by atoms with van der Waals surface area (Å²) in [5.74, 6) is -0.825. The number of carboxylic acid groups (broad SMARTS) is 1. The van der Waals surface area contributed by atoms with Crippen LogP contribution in [0.25, 0.3) is 0 Å². The predicted molar refractivity (Wildman–Crippen MR) is 64.5 cm³/mol. The van der Waals surface area contributed by atoms with Crippen LogP contribution >= 0.6 is 11.6 Å². The maximum atomic E-state index is 10.6. The molecule has 3 nitrogen and oxygen atoms in total. The Morgan fingerprint density at radius 2 is 2.00 bits per heavy atom. The monoisotopic (exact) mass is 239 g/mol. The maximum Gasteiger partial charge on any atom is 0.307 e. The van der Waals surface area contributed by atoms with Crippen molar-refractivity contribution in [3.63, 3.8) is 0 Å². The van der Waals surface area contributed by atoms with E-state index in [2.05, 4.69) is 11.9 Å². The Hall–Kier alpha value is -1.32. The second-order valence-corrected chi connectivity index (χ2v) is 3.99. The van der Waals surface area contributed by atoms with Gasteiger partial charge in [-0.1, -0.05) is 42.4 Å². The first-order valence-corrected chi connectivity index (χ1v) is 5.30. The van der Waals surface area contributed by atoms with Crippen molar-refractivity contribution >= 4 is 17.6 Å². The maximum absolute atomic E-state index is 10.6. The van der Waals surface area contributed by atoms with Crippen molar-refractivity contribution in [1.82, 2.24) is 5.32 Å². The molecular weight excluding hydrogens is 226 g/mol. The summed E-state index contributed by atoms with van der Waals surface area (Å²) < 4.78 is 0. The summed E-state index contributed by atoms with van der Waals surface area (Å²) in [7, 11) is 0. The van der Waals surface area contributed by atoms with E-state index in [0.29, 0.717) is 18.1 Å². The van der Waals surface area contributed by atoms with Crippen LogP contribution in [0.1, 0.15) is 11.1 Å². The van der Waals surface area contributed by atoms with E-state index < -0.39 is 5.97 Å². The SMILES string of the molecule is C=C(Cl)CNCc1ccccc1CC(=O)O. The van der Waals surface area contributed by atoms with Crippen molar-refractivity contribution in [3.8, 4) is 0 Å². The van der Waals surface area contributed by atoms with Gasteiger partial charge in [-0.05, 0) is 11.1 Å². The fourth-order valence-electron chi connectivity index (χ4n) is 1.40. The molecule has 0 aliphatic heterocycles. The number of hydrogen-bond acceptors (Lipinski definition) is 2. The van der Waals surface area contributed by atoms with Gasteiger partial charge in [-0.3, -0.25) is 4.79 Å². The highest BCUT2D eigenvalue weighted by Gasteiger charge is 2.05. The Kier molecular flexibility index (Phi) is 5.02. The Morgan fingerprint density at radius 3 is 2.56 bits per heavy atom. The van der Waals surface area contributed by atoms with Crippen LogP contribution in [0, 0.1) is 0 Å². The van der Waals surface area contributed by atoms with Crippen LogP contribution in [-0.4, -0.2) is 17.6 Å². The molecule has 0 atom stereocenters. The molecule has 86 valence electrons. The van der Waals surface area contributed by atoms with Crippen LogP contribution in [-0.2, 0) is 17.8 Å². The number of aliphatic carboxylic acids is 1. The van der Waals surface area contributed by atoms with Gasteiger partial charge in [0.15, 0.2) is 0 Å². The van der Waals surface area contributed by atoms with Crippen molar-refractivity contribution in [2.75, 3.05) is 6.54 Å². The second-order valence-electron chi connectivity index (χ2n) is 3.46. The molecule has 1 aromatic carbocycles. The summed E-state index contributed by atoms with van der Waals surface area (Å²) in [6.45, 7) is 4.68. The number of rotatable bonds is 6. The molecule has 0 radical (unpaired) electrons. The number of hydrogen-bond donors (Lipinski definition) is 2. The number of nitrogens with one attached hydrogen (secondary N) is 1. The molecule has 0 saturated heterocycles. The molecule has 0 amide bonds. The van der Waals surface area contributed by atoms with Crippen LogP contribution in [0.2, 0.25) is 0 Å². The highest BCUT2D eigenvalue weighted by molar-refractivity contribution is 6.29. The van der Waals surface area contributed by atoms with Gasteiger partial charge in [0.05, 0.1) is 6.42 Å². The van der Waals surface area contributed by atoms with E-state index in [1.54, 1.807) is 0 Å². The van der Waals surface area contributed by atoms with Gasteiger partial charge in [0, 0.05) is 18.1 Å². The number of halogens is 1. The second kappa shape index (κ2) is 6.30. The van der Waals surface area contributed by atoms with Gasteiger partial charge in [-0.2, -0.15) is 0 Å². The first-order valence-electron chi connectivity index (χ1n) is 4.92. The summed E-state index contributed by atoms with van der Waals surface area (Å²) in [5.41, 5.74) is 1.80. The van der Waals surface area contributed by atoms with E-state index in [1.807, 2.05) is 24.3 Å². The van der Waals surface area contributed by atoms with Crippen molar-refractivity contribution in [3.05, 3.63) is 47.0 Å². The lowest BCUT2D eigenvalue weighted by molar-refractivity contribution is -0.136. The first-order chi connectivity index (χ1) is 7.59. The van der Waals surface area contributed by atoms with E-state index in [0.717, 1.165) is 11.1 Å².